The van der Waals surface area contributed by atoms with E-state index < -0.39 is 0 Å². The number of aryl methyl sites for hydroxylation is 1. The number of benzene rings is 1. The molecule has 10 heavy (non-hydrogen) atoms. The second kappa shape index (κ2) is 2.65. The Balaban J connectivity index is 3.27. The fraction of sp³-hybridized carbons (Fsp3) is 0.111. The zero-order chi connectivity index (χ0) is 7.56. The summed E-state index contributed by atoms with van der Waals surface area (Å²) in [5.41, 5.74) is 1.23. The summed E-state index contributed by atoms with van der Waals surface area (Å²) in [4.78, 5) is 0. The maximum absolute atomic E-state index is 12.9. The van der Waals surface area contributed by atoms with Crippen molar-refractivity contribution in [2.24, 2.45) is 0 Å². The van der Waals surface area contributed by atoms with Crippen LogP contribution in [0, 0.1) is 12.7 Å². The maximum Gasteiger partial charge on any atom is 0.133 e. The van der Waals surface area contributed by atoms with Gasteiger partial charge in [0.05, 0.1) is 0 Å². The lowest BCUT2D eigenvalue weighted by Gasteiger charge is -1.97. The largest absolute Gasteiger partial charge is 0.206 e. The van der Waals surface area contributed by atoms with Crippen LogP contribution in [-0.2, 0) is 0 Å². The molecule has 0 bridgehead atoms. The van der Waals surface area contributed by atoms with Crippen LogP contribution in [0.5, 0.6) is 0 Å². The SMILES string of the molecule is C=Cc1cccc(C)c1F. The van der Waals surface area contributed by atoms with E-state index in [1.165, 1.54) is 6.08 Å². The Labute approximate surface area is 60.0 Å². The summed E-state index contributed by atoms with van der Waals surface area (Å²) in [5, 5.41) is 0. The zero-order valence-electron chi connectivity index (χ0n) is 5.89. The molecule has 0 N–H and O–H groups in total. The molecule has 1 rings (SSSR count). The quantitative estimate of drug-likeness (QED) is 0.556. The van der Waals surface area contributed by atoms with Gasteiger partial charge in [-0.05, 0) is 12.5 Å². The van der Waals surface area contributed by atoms with E-state index in [4.69, 9.17) is 0 Å². The zero-order valence-corrected chi connectivity index (χ0v) is 5.89. The molecule has 0 saturated heterocycles. The van der Waals surface area contributed by atoms with E-state index in [0.717, 1.165) is 0 Å². The van der Waals surface area contributed by atoms with E-state index in [0.29, 0.717) is 11.1 Å². The Kier molecular flexibility index (Phi) is 1.86. The van der Waals surface area contributed by atoms with Crippen LogP contribution in [0.4, 0.5) is 4.39 Å². The van der Waals surface area contributed by atoms with Gasteiger partial charge in [-0.15, -0.1) is 0 Å². The Hall–Kier alpha value is -1.11. The van der Waals surface area contributed by atoms with E-state index in [-0.39, 0.29) is 5.82 Å². The fourth-order valence-corrected chi connectivity index (χ4v) is 0.828. The number of halogens is 1. The van der Waals surface area contributed by atoms with Crippen molar-refractivity contribution in [2.45, 2.75) is 6.92 Å². The van der Waals surface area contributed by atoms with Crippen LogP contribution in [0.1, 0.15) is 11.1 Å². The average Bonchev–Trinajstić information content (AvgIpc) is 1.95. The Bertz CT molecular complexity index is 251. The summed E-state index contributed by atoms with van der Waals surface area (Å²) in [7, 11) is 0. The smallest absolute Gasteiger partial charge is 0.133 e. The highest BCUT2D eigenvalue weighted by atomic mass is 19.1. The van der Waals surface area contributed by atoms with Gasteiger partial charge in [0.15, 0.2) is 0 Å². The summed E-state index contributed by atoms with van der Waals surface area (Å²) in [6, 6.07) is 5.26. The lowest BCUT2D eigenvalue weighted by molar-refractivity contribution is 0.616. The molecule has 52 valence electrons. The van der Waals surface area contributed by atoms with Crippen LogP contribution in [0.3, 0.4) is 0 Å². The molecule has 1 heteroatoms. The second-order valence-electron chi connectivity index (χ2n) is 2.18. The minimum atomic E-state index is -0.169. The molecule has 0 saturated carbocycles. The Morgan fingerprint density at radius 2 is 2.20 bits per heavy atom. The molecule has 0 spiro atoms. The fourth-order valence-electron chi connectivity index (χ4n) is 0.828. The Morgan fingerprint density at radius 1 is 1.50 bits per heavy atom. The van der Waals surface area contributed by atoms with Gasteiger partial charge in [-0.1, -0.05) is 30.9 Å². The van der Waals surface area contributed by atoms with Gasteiger partial charge in [-0.3, -0.25) is 0 Å². The summed E-state index contributed by atoms with van der Waals surface area (Å²) >= 11 is 0. The number of rotatable bonds is 1. The van der Waals surface area contributed by atoms with Crippen LogP contribution < -0.4 is 0 Å². The maximum atomic E-state index is 12.9. The first kappa shape index (κ1) is 7.00. The molecule has 0 fully saturated rings. The molecule has 0 unspecified atom stereocenters. The average molecular weight is 136 g/mol. The van der Waals surface area contributed by atoms with Crippen molar-refractivity contribution in [3.63, 3.8) is 0 Å². The van der Waals surface area contributed by atoms with Crippen molar-refractivity contribution in [3.8, 4) is 0 Å². The summed E-state index contributed by atoms with van der Waals surface area (Å²) < 4.78 is 12.9. The third-order valence-electron chi connectivity index (χ3n) is 1.44. The van der Waals surface area contributed by atoms with E-state index in [9.17, 15) is 4.39 Å². The van der Waals surface area contributed by atoms with Crippen LogP contribution in [-0.4, -0.2) is 0 Å². The molecular formula is C9H9F. The molecule has 0 aromatic heterocycles. The van der Waals surface area contributed by atoms with Crippen molar-refractivity contribution in [2.75, 3.05) is 0 Å². The van der Waals surface area contributed by atoms with E-state index in [2.05, 4.69) is 6.58 Å². The third kappa shape index (κ3) is 1.08. The van der Waals surface area contributed by atoms with Gasteiger partial charge in [0, 0.05) is 5.56 Å². The van der Waals surface area contributed by atoms with Crippen molar-refractivity contribution < 1.29 is 4.39 Å². The number of hydrogen-bond acceptors (Lipinski definition) is 0. The van der Waals surface area contributed by atoms with Crippen molar-refractivity contribution in [1.29, 1.82) is 0 Å². The molecule has 0 nitrogen and oxygen atoms in total. The van der Waals surface area contributed by atoms with Crippen LogP contribution in [0.15, 0.2) is 24.8 Å². The van der Waals surface area contributed by atoms with Gasteiger partial charge in [-0.2, -0.15) is 0 Å². The lowest BCUT2D eigenvalue weighted by atomic mass is 10.1. The van der Waals surface area contributed by atoms with Gasteiger partial charge < -0.3 is 0 Å². The van der Waals surface area contributed by atoms with Crippen LogP contribution in [0.2, 0.25) is 0 Å². The molecule has 0 atom stereocenters. The standard InChI is InChI=1S/C9H9F/c1-3-8-6-4-5-7(2)9(8)10/h3-6H,1H2,2H3. The highest BCUT2D eigenvalue weighted by Crippen LogP contribution is 2.11. The van der Waals surface area contributed by atoms with Crippen molar-refractivity contribution in [1.82, 2.24) is 0 Å². The van der Waals surface area contributed by atoms with E-state index in [1.807, 2.05) is 6.07 Å². The highest BCUT2D eigenvalue weighted by Gasteiger charge is 1.98. The normalized spacial score (nSPS) is 9.40. The molecule has 0 radical (unpaired) electrons. The molecule has 0 amide bonds. The van der Waals surface area contributed by atoms with Gasteiger partial charge in [0.2, 0.25) is 0 Å². The second-order valence-corrected chi connectivity index (χ2v) is 2.18. The monoisotopic (exact) mass is 136 g/mol. The van der Waals surface area contributed by atoms with Crippen LogP contribution >= 0.6 is 0 Å². The lowest BCUT2D eigenvalue weighted by Crippen LogP contribution is -1.84. The topological polar surface area (TPSA) is 0 Å². The van der Waals surface area contributed by atoms with Crippen LogP contribution in [0.25, 0.3) is 6.08 Å². The van der Waals surface area contributed by atoms with Gasteiger partial charge in [0.1, 0.15) is 5.82 Å². The first-order valence-electron chi connectivity index (χ1n) is 3.13. The third-order valence-corrected chi connectivity index (χ3v) is 1.44. The molecular weight excluding hydrogens is 127 g/mol. The molecule has 0 heterocycles. The minimum Gasteiger partial charge on any atom is -0.206 e. The first-order chi connectivity index (χ1) is 4.75. The van der Waals surface area contributed by atoms with Gasteiger partial charge >= 0.3 is 0 Å². The van der Waals surface area contributed by atoms with Gasteiger partial charge in [-0.25, -0.2) is 4.39 Å². The molecule has 0 aliphatic heterocycles. The minimum absolute atomic E-state index is 0.169. The van der Waals surface area contributed by atoms with E-state index >= 15 is 0 Å². The first-order valence-corrected chi connectivity index (χ1v) is 3.13. The van der Waals surface area contributed by atoms with E-state index in [1.54, 1.807) is 19.1 Å². The van der Waals surface area contributed by atoms with Gasteiger partial charge in [0.25, 0.3) is 0 Å². The summed E-state index contributed by atoms with van der Waals surface area (Å²) in [5.74, 6) is -0.169. The summed E-state index contributed by atoms with van der Waals surface area (Å²) in [6.45, 7) is 5.23. The molecule has 0 aliphatic carbocycles. The molecule has 0 aliphatic rings. The van der Waals surface area contributed by atoms with Crippen molar-refractivity contribution in [3.05, 3.63) is 41.7 Å². The molecule has 1 aromatic rings. The number of hydrogen-bond donors (Lipinski definition) is 0. The molecule has 1 aromatic carbocycles. The Morgan fingerprint density at radius 3 is 2.70 bits per heavy atom. The summed E-state index contributed by atoms with van der Waals surface area (Å²) in [6.07, 6.45) is 1.52. The highest BCUT2D eigenvalue weighted by molar-refractivity contribution is 5.48. The predicted molar refractivity (Wildman–Crippen MR) is 41.2 cm³/mol. The predicted octanol–water partition coefficient (Wildman–Crippen LogP) is 2.78. The van der Waals surface area contributed by atoms with Crippen molar-refractivity contribution >= 4 is 6.08 Å².